The van der Waals surface area contributed by atoms with Gasteiger partial charge in [0.15, 0.2) is 0 Å². The lowest BCUT2D eigenvalue weighted by Crippen LogP contribution is -2.54. The highest BCUT2D eigenvalue weighted by molar-refractivity contribution is 7.80. The number of carbonyl (C=O) groups is 5. The molecule has 1 aromatic carbocycles. The van der Waals surface area contributed by atoms with Gasteiger partial charge < -0.3 is 36.9 Å². The van der Waals surface area contributed by atoms with Crippen LogP contribution in [0.2, 0.25) is 0 Å². The summed E-state index contributed by atoms with van der Waals surface area (Å²) in [6.45, 7) is -0.544. The van der Waals surface area contributed by atoms with E-state index < -0.39 is 60.8 Å². The fourth-order valence-electron chi connectivity index (χ4n) is 3.01. The van der Waals surface area contributed by atoms with E-state index in [9.17, 15) is 29.1 Å². The van der Waals surface area contributed by atoms with Crippen LogP contribution in [0.15, 0.2) is 30.5 Å². The summed E-state index contributed by atoms with van der Waals surface area (Å²) in [7, 11) is 0. The number of nitrogens with two attached hydrogens (primary N) is 1. The van der Waals surface area contributed by atoms with E-state index in [0.29, 0.717) is 5.56 Å². The number of amides is 3. The fraction of sp³-hybridized carbons (Fsp3) is 0.350. The summed E-state index contributed by atoms with van der Waals surface area (Å²) in [5, 5.41) is 25.9. The van der Waals surface area contributed by atoms with Gasteiger partial charge in [-0.3, -0.25) is 19.2 Å². The molecule has 0 radical (unpaired) electrons. The highest BCUT2D eigenvalue weighted by Gasteiger charge is 2.26. The Hall–Kier alpha value is -3.58. The number of hydrogen-bond donors (Lipinski definition) is 8. The number of hydrogen-bond acceptors (Lipinski definition) is 7. The molecule has 3 unspecified atom stereocenters. The zero-order chi connectivity index (χ0) is 24.5. The van der Waals surface area contributed by atoms with Gasteiger partial charge in [0, 0.05) is 29.3 Å². The van der Waals surface area contributed by atoms with Crippen molar-refractivity contribution in [1.29, 1.82) is 0 Å². The monoisotopic (exact) mass is 479 g/mol. The molecule has 12 nitrogen and oxygen atoms in total. The summed E-state index contributed by atoms with van der Waals surface area (Å²) in [5.41, 5.74) is 6.98. The van der Waals surface area contributed by atoms with Gasteiger partial charge in [-0.2, -0.15) is 12.6 Å². The number of aromatic amines is 1. The van der Waals surface area contributed by atoms with Crippen molar-refractivity contribution in [2.24, 2.45) is 5.73 Å². The Labute approximate surface area is 193 Å². The van der Waals surface area contributed by atoms with Crippen molar-refractivity contribution in [2.75, 3.05) is 12.3 Å². The Kier molecular flexibility index (Phi) is 9.24. The molecule has 0 spiro atoms. The molecule has 3 amide bonds. The average molecular weight is 480 g/mol. The molecule has 1 heterocycles. The van der Waals surface area contributed by atoms with Crippen LogP contribution in [-0.2, 0) is 30.4 Å². The number of aliphatic carboxylic acids is 2. The van der Waals surface area contributed by atoms with Crippen LogP contribution in [0.1, 0.15) is 12.0 Å². The minimum Gasteiger partial charge on any atom is -0.481 e. The summed E-state index contributed by atoms with van der Waals surface area (Å²) in [6.07, 6.45) is 1.07. The molecular weight excluding hydrogens is 454 g/mol. The van der Waals surface area contributed by atoms with Crippen LogP contribution in [0.3, 0.4) is 0 Å². The average Bonchev–Trinajstić information content (AvgIpc) is 3.17. The molecule has 0 aliphatic heterocycles. The number of carboxylic acid groups (broad SMARTS) is 2. The normalized spacial score (nSPS) is 13.5. The van der Waals surface area contributed by atoms with E-state index in [1.165, 1.54) is 0 Å². The first-order valence-electron chi connectivity index (χ1n) is 9.85. The summed E-state index contributed by atoms with van der Waals surface area (Å²) in [5.74, 6) is -5.03. The topological polar surface area (TPSA) is 204 Å². The number of aromatic nitrogens is 1. The summed E-state index contributed by atoms with van der Waals surface area (Å²) in [4.78, 5) is 61.7. The van der Waals surface area contributed by atoms with Gasteiger partial charge in [0.25, 0.3) is 0 Å². The van der Waals surface area contributed by atoms with Crippen molar-refractivity contribution < 1.29 is 34.2 Å². The smallest absolute Gasteiger partial charge is 0.326 e. The van der Waals surface area contributed by atoms with E-state index in [2.05, 4.69) is 33.6 Å². The molecular formula is C20H25N5O7S. The first-order chi connectivity index (χ1) is 15.6. The van der Waals surface area contributed by atoms with Crippen molar-refractivity contribution in [3.8, 4) is 0 Å². The number of carboxylic acids is 2. The SMILES string of the molecule is NC(CC(=O)O)C(=O)NC(CS)C(=O)NCC(=O)NC(Cc1c[nH]c2ccccc12)C(=O)O. The Bertz CT molecular complexity index is 1040. The highest BCUT2D eigenvalue weighted by atomic mass is 32.1. The van der Waals surface area contributed by atoms with Crippen molar-refractivity contribution in [3.05, 3.63) is 36.0 Å². The molecule has 13 heteroatoms. The number of rotatable bonds is 12. The molecule has 0 aliphatic rings. The summed E-state index contributed by atoms with van der Waals surface area (Å²) >= 11 is 3.96. The van der Waals surface area contributed by atoms with Crippen LogP contribution >= 0.6 is 12.6 Å². The van der Waals surface area contributed by atoms with Gasteiger partial charge in [-0.05, 0) is 11.6 Å². The van der Waals surface area contributed by atoms with Gasteiger partial charge in [0.1, 0.15) is 12.1 Å². The number of fused-ring (bicyclic) bond motifs is 1. The third kappa shape index (κ3) is 7.50. The number of thiol groups is 1. The number of para-hydroxylation sites is 1. The first kappa shape index (κ1) is 25.7. The lowest BCUT2D eigenvalue weighted by Gasteiger charge is -2.19. The fourth-order valence-corrected chi connectivity index (χ4v) is 3.27. The number of benzene rings is 1. The second-order valence-corrected chi connectivity index (χ2v) is 7.55. The van der Waals surface area contributed by atoms with Crippen LogP contribution in [0.5, 0.6) is 0 Å². The van der Waals surface area contributed by atoms with Crippen LogP contribution < -0.4 is 21.7 Å². The molecule has 0 saturated carbocycles. The molecule has 178 valence electrons. The molecule has 0 fully saturated rings. The molecule has 0 aliphatic carbocycles. The lowest BCUT2D eigenvalue weighted by atomic mass is 10.0. The van der Waals surface area contributed by atoms with Crippen LogP contribution in [-0.4, -0.2) is 75.3 Å². The summed E-state index contributed by atoms with van der Waals surface area (Å²) < 4.78 is 0. The molecule has 0 bridgehead atoms. The van der Waals surface area contributed by atoms with E-state index in [1.54, 1.807) is 6.20 Å². The van der Waals surface area contributed by atoms with Gasteiger partial charge >= 0.3 is 11.9 Å². The molecule has 3 atom stereocenters. The van der Waals surface area contributed by atoms with E-state index in [4.69, 9.17) is 10.8 Å². The third-order valence-corrected chi connectivity index (χ3v) is 5.07. The van der Waals surface area contributed by atoms with Crippen LogP contribution in [0.25, 0.3) is 10.9 Å². The molecule has 33 heavy (non-hydrogen) atoms. The zero-order valence-corrected chi connectivity index (χ0v) is 18.3. The van der Waals surface area contributed by atoms with E-state index >= 15 is 0 Å². The van der Waals surface area contributed by atoms with E-state index in [-0.39, 0.29) is 12.2 Å². The minimum atomic E-state index is -1.36. The quantitative estimate of drug-likeness (QED) is 0.170. The molecule has 8 N–H and O–H groups in total. The second-order valence-electron chi connectivity index (χ2n) is 7.19. The van der Waals surface area contributed by atoms with Gasteiger partial charge in [0.05, 0.1) is 19.0 Å². The first-order valence-corrected chi connectivity index (χ1v) is 10.5. The van der Waals surface area contributed by atoms with Gasteiger partial charge in [-0.25, -0.2) is 4.79 Å². The lowest BCUT2D eigenvalue weighted by molar-refractivity contribution is -0.141. The zero-order valence-electron chi connectivity index (χ0n) is 17.4. The van der Waals surface area contributed by atoms with Crippen LogP contribution in [0.4, 0.5) is 0 Å². The van der Waals surface area contributed by atoms with Crippen molar-refractivity contribution in [1.82, 2.24) is 20.9 Å². The number of carbonyl (C=O) groups excluding carboxylic acids is 3. The Morgan fingerprint density at radius 2 is 1.73 bits per heavy atom. The van der Waals surface area contributed by atoms with Crippen molar-refractivity contribution in [3.63, 3.8) is 0 Å². The number of H-pyrrole nitrogens is 1. The standard InChI is InChI=1S/C20H25N5O7S/c21-12(6-17(27)28)18(29)25-15(9-33)19(30)23-8-16(26)24-14(20(31)32)5-10-7-22-13-4-2-1-3-11(10)13/h1-4,7,12,14-15,22,33H,5-6,8-9,21H2,(H,23,30)(H,24,26)(H,25,29)(H,27,28)(H,31,32). The predicted molar refractivity (Wildman–Crippen MR) is 121 cm³/mol. The second kappa shape index (κ2) is 11.9. The molecule has 0 saturated heterocycles. The maximum Gasteiger partial charge on any atom is 0.326 e. The minimum absolute atomic E-state index is 0.0236. The van der Waals surface area contributed by atoms with Gasteiger partial charge in [-0.15, -0.1) is 0 Å². The van der Waals surface area contributed by atoms with Crippen molar-refractivity contribution in [2.45, 2.75) is 31.0 Å². The van der Waals surface area contributed by atoms with Gasteiger partial charge in [0.2, 0.25) is 17.7 Å². The van der Waals surface area contributed by atoms with E-state index in [0.717, 1.165) is 10.9 Å². The maximum absolute atomic E-state index is 12.2. The molecule has 2 rings (SSSR count). The van der Waals surface area contributed by atoms with Gasteiger partial charge in [-0.1, -0.05) is 18.2 Å². The van der Waals surface area contributed by atoms with Crippen LogP contribution in [0, 0.1) is 0 Å². The Morgan fingerprint density at radius 3 is 2.36 bits per heavy atom. The maximum atomic E-state index is 12.2. The molecule has 2 aromatic rings. The largest absolute Gasteiger partial charge is 0.481 e. The predicted octanol–water partition coefficient (Wildman–Crippen LogP) is -1.39. The van der Waals surface area contributed by atoms with E-state index in [1.807, 2.05) is 24.3 Å². The third-order valence-electron chi connectivity index (χ3n) is 4.70. The van der Waals surface area contributed by atoms with Crippen molar-refractivity contribution >= 4 is 53.2 Å². The highest BCUT2D eigenvalue weighted by Crippen LogP contribution is 2.19. The number of nitrogens with one attached hydrogen (secondary N) is 4. The summed E-state index contributed by atoms with van der Waals surface area (Å²) in [6, 6.07) is 3.56. The Balaban J connectivity index is 1.90. The molecule has 1 aromatic heterocycles. The Morgan fingerprint density at radius 1 is 1.03 bits per heavy atom.